The molecule has 0 aromatic heterocycles. The van der Waals surface area contributed by atoms with Crippen LogP contribution in [0.1, 0.15) is 36.8 Å². The first-order chi connectivity index (χ1) is 23.1. The van der Waals surface area contributed by atoms with Crippen molar-refractivity contribution in [2.24, 2.45) is 23.7 Å². The topological polar surface area (TPSA) is 125 Å². The molecule has 3 fully saturated rings. The highest BCUT2D eigenvalue weighted by Crippen LogP contribution is 2.65. The van der Waals surface area contributed by atoms with Crippen LogP contribution < -0.4 is 14.9 Å². The Morgan fingerprint density at radius 1 is 0.917 bits per heavy atom. The van der Waals surface area contributed by atoms with Crippen LogP contribution in [-0.2, 0) is 24.6 Å². The number of rotatable bonds is 7. The van der Waals surface area contributed by atoms with E-state index in [0.717, 1.165) is 10.6 Å². The van der Waals surface area contributed by atoms with Gasteiger partial charge < -0.3 is 14.6 Å². The van der Waals surface area contributed by atoms with Gasteiger partial charge >= 0.3 is 0 Å². The highest BCUT2D eigenvalue weighted by molar-refractivity contribution is 6.36. The zero-order valence-electron chi connectivity index (χ0n) is 26.4. The van der Waals surface area contributed by atoms with E-state index in [9.17, 15) is 19.5 Å². The summed E-state index contributed by atoms with van der Waals surface area (Å²) in [4.78, 5) is 58.6. The first kappa shape index (κ1) is 32.0. The van der Waals surface area contributed by atoms with Crippen molar-refractivity contribution in [3.05, 3.63) is 93.5 Å². The fraction of sp³-hybridized carbons (Fsp3) is 0.333. The van der Waals surface area contributed by atoms with Gasteiger partial charge in [0, 0.05) is 29.1 Å². The molecule has 2 saturated heterocycles. The molecule has 0 spiro atoms. The van der Waals surface area contributed by atoms with Gasteiger partial charge in [0.2, 0.25) is 11.8 Å². The molecule has 0 unspecified atom stereocenters. The van der Waals surface area contributed by atoms with E-state index in [-0.39, 0.29) is 35.6 Å². The molecule has 1 saturated carbocycles. The van der Waals surface area contributed by atoms with Gasteiger partial charge in [-0.3, -0.25) is 29.5 Å². The molecule has 48 heavy (non-hydrogen) atoms. The van der Waals surface area contributed by atoms with Crippen molar-refractivity contribution in [1.82, 2.24) is 9.91 Å². The number of aromatic hydroxyl groups is 1. The number of hydrazine groups is 1. The van der Waals surface area contributed by atoms with Crippen LogP contribution in [0, 0.1) is 23.7 Å². The number of likely N-dealkylation sites (tertiary alicyclic amines) is 1. The minimum absolute atomic E-state index is 0.0413. The van der Waals surface area contributed by atoms with Crippen LogP contribution in [0.4, 0.5) is 5.69 Å². The smallest absolute Gasteiger partial charge is 0.260 e. The van der Waals surface area contributed by atoms with Crippen LogP contribution in [0.15, 0.2) is 72.3 Å². The number of amides is 4. The second-order valence-electron chi connectivity index (χ2n) is 12.6. The standard InChI is InChI=1S/C36H33Cl2N3O7/c1-4-40-32(43)24-13-12-22-25(30(24)34(40)45)17-26-33(44)41(39-28-14-7-19(37)15-27(28)38)35(46)36(26,18-5-9-21(47-2)10-6-18)31(22)23-11-8-20(42)16-29(23)48-3/h5-12,14-16,24-26,30-31,39,42H,4,13,17H2,1-3H3/t24-,25+,26-,30-,31+,36+/m0/s1. The van der Waals surface area contributed by atoms with Gasteiger partial charge in [0.15, 0.2) is 0 Å². The molecule has 6 atom stereocenters. The Morgan fingerprint density at radius 2 is 1.67 bits per heavy atom. The number of phenolic OH excluding ortho intramolecular Hbond substituents is 1. The molecule has 2 N–H and O–H groups in total. The number of benzene rings is 3. The van der Waals surface area contributed by atoms with Gasteiger partial charge in [-0.1, -0.05) is 53.1 Å². The maximum atomic E-state index is 15.3. The molecule has 4 amide bonds. The van der Waals surface area contributed by atoms with Gasteiger partial charge in [0.25, 0.3) is 11.8 Å². The van der Waals surface area contributed by atoms with E-state index in [1.54, 1.807) is 56.5 Å². The van der Waals surface area contributed by atoms with E-state index in [0.29, 0.717) is 39.8 Å². The number of allylic oxidation sites excluding steroid dienone is 2. The molecule has 2 aliphatic heterocycles. The molecule has 3 aromatic carbocycles. The molecular formula is C36H33Cl2N3O7. The summed E-state index contributed by atoms with van der Waals surface area (Å²) in [5, 5.41) is 12.1. The third-order valence-corrected chi connectivity index (χ3v) is 11.1. The van der Waals surface area contributed by atoms with E-state index in [4.69, 9.17) is 32.7 Å². The number of hydrogen-bond donors (Lipinski definition) is 2. The first-order valence-electron chi connectivity index (χ1n) is 15.7. The Morgan fingerprint density at radius 3 is 2.33 bits per heavy atom. The number of hydrogen-bond acceptors (Lipinski definition) is 8. The van der Waals surface area contributed by atoms with Crippen LogP contribution >= 0.6 is 23.2 Å². The first-order valence-corrected chi connectivity index (χ1v) is 16.5. The van der Waals surface area contributed by atoms with Crippen LogP contribution in [0.5, 0.6) is 17.2 Å². The minimum Gasteiger partial charge on any atom is -0.508 e. The number of phenols is 1. The van der Waals surface area contributed by atoms with Crippen molar-refractivity contribution in [3.63, 3.8) is 0 Å². The summed E-state index contributed by atoms with van der Waals surface area (Å²) < 4.78 is 11.2. The van der Waals surface area contributed by atoms with Crippen molar-refractivity contribution < 1.29 is 33.8 Å². The number of methoxy groups -OCH3 is 2. The zero-order chi connectivity index (χ0) is 34.1. The predicted octanol–water partition coefficient (Wildman–Crippen LogP) is 5.72. The van der Waals surface area contributed by atoms with Crippen molar-refractivity contribution in [3.8, 4) is 17.2 Å². The normalized spacial score (nSPS) is 27.8. The van der Waals surface area contributed by atoms with Crippen molar-refractivity contribution in [1.29, 1.82) is 0 Å². The lowest BCUT2D eigenvalue weighted by molar-refractivity contribution is -0.141. The largest absolute Gasteiger partial charge is 0.508 e. The zero-order valence-corrected chi connectivity index (χ0v) is 27.9. The van der Waals surface area contributed by atoms with Crippen LogP contribution in [-0.4, -0.2) is 59.4 Å². The molecule has 0 bridgehead atoms. The monoisotopic (exact) mass is 689 g/mol. The third-order valence-electron chi connectivity index (χ3n) is 10.5. The number of anilines is 1. The van der Waals surface area contributed by atoms with E-state index in [1.165, 1.54) is 30.2 Å². The SMILES string of the molecule is CCN1C(=O)[C@H]2[C@H](CC=C3[C@H]2C[C@H]2C(=O)N(Nc4ccc(Cl)cc4Cl)C(=O)[C@@]2(c2ccc(OC)cc2)[C@H]3c2ccc(O)cc2OC)C1=O. The molecule has 248 valence electrons. The van der Waals surface area contributed by atoms with Gasteiger partial charge in [-0.05, 0) is 67.6 Å². The molecule has 3 aromatic rings. The molecule has 4 aliphatic rings. The Kier molecular flexibility index (Phi) is 7.91. The Balaban J connectivity index is 1.49. The summed E-state index contributed by atoms with van der Waals surface area (Å²) in [6.45, 7) is 2.02. The maximum Gasteiger partial charge on any atom is 0.260 e. The van der Waals surface area contributed by atoms with E-state index < -0.39 is 46.8 Å². The molecule has 10 nitrogen and oxygen atoms in total. The van der Waals surface area contributed by atoms with Gasteiger partial charge in [-0.15, -0.1) is 0 Å². The molecule has 2 aliphatic carbocycles. The van der Waals surface area contributed by atoms with Gasteiger partial charge in [-0.2, -0.15) is 5.01 Å². The number of carbonyl (C=O) groups excluding carboxylic acids is 4. The summed E-state index contributed by atoms with van der Waals surface area (Å²) in [6, 6.07) is 16.4. The summed E-state index contributed by atoms with van der Waals surface area (Å²) in [6.07, 6.45) is 2.42. The lowest BCUT2D eigenvalue weighted by Gasteiger charge is -2.50. The maximum absolute atomic E-state index is 15.3. The number of halogens is 2. The number of carbonyl (C=O) groups is 4. The van der Waals surface area contributed by atoms with Crippen molar-refractivity contribution in [2.75, 3.05) is 26.2 Å². The average molecular weight is 691 g/mol. The average Bonchev–Trinajstić information content (AvgIpc) is 3.46. The summed E-state index contributed by atoms with van der Waals surface area (Å²) in [5.41, 5.74) is 3.64. The molecular weight excluding hydrogens is 657 g/mol. The third kappa shape index (κ3) is 4.53. The number of nitrogens with zero attached hydrogens (tertiary/aromatic N) is 2. The number of nitrogens with one attached hydrogen (secondary N) is 1. The minimum atomic E-state index is -1.54. The van der Waals surface area contributed by atoms with Gasteiger partial charge in [0.05, 0.1) is 48.1 Å². The van der Waals surface area contributed by atoms with Gasteiger partial charge in [0.1, 0.15) is 17.2 Å². The predicted molar refractivity (Wildman–Crippen MR) is 178 cm³/mol. The second kappa shape index (κ2) is 11.9. The molecule has 12 heteroatoms. The lowest BCUT2D eigenvalue weighted by Crippen LogP contribution is -2.53. The lowest BCUT2D eigenvalue weighted by atomic mass is 9.49. The highest BCUT2D eigenvalue weighted by atomic mass is 35.5. The number of fused-ring (bicyclic) bond motifs is 4. The summed E-state index contributed by atoms with van der Waals surface area (Å²) in [5.74, 6) is -4.25. The van der Waals surface area contributed by atoms with Gasteiger partial charge in [-0.25, -0.2) is 0 Å². The quantitative estimate of drug-likeness (QED) is 0.238. The Hall–Kier alpha value is -4.54. The molecule has 2 heterocycles. The van der Waals surface area contributed by atoms with Crippen molar-refractivity contribution in [2.45, 2.75) is 31.1 Å². The fourth-order valence-electron chi connectivity index (χ4n) is 8.50. The number of ether oxygens (including phenoxy) is 2. The highest BCUT2D eigenvalue weighted by Gasteiger charge is 2.70. The summed E-state index contributed by atoms with van der Waals surface area (Å²) >= 11 is 12.6. The van der Waals surface area contributed by atoms with Crippen LogP contribution in [0.25, 0.3) is 0 Å². The van der Waals surface area contributed by atoms with Crippen LogP contribution in [0.3, 0.4) is 0 Å². The van der Waals surface area contributed by atoms with E-state index in [2.05, 4.69) is 5.43 Å². The Bertz CT molecular complexity index is 1900. The summed E-state index contributed by atoms with van der Waals surface area (Å²) in [7, 11) is 3.01. The van der Waals surface area contributed by atoms with Crippen LogP contribution in [0.2, 0.25) is 10.0 Å². The molecule has 7 rings (SSSR count). The van der Waals surface area contributed by atoms with E-state index in [1.807, 2.05) is 6.08 Å². The second-order valence-corrected chi connectivity index (χ2v) is 13.4. The molecule has 0 radical (unpaired) electrons. The Labute approximate surface area is 287 Å². The number of imide groups is 2. The van der Waals surface area contributed by atoms with E-state index >= 15 is 4.79 Å². The van der Waals surface area contributed by atoms with Crippen molar-refractivity contribution >= 4 is 52.5 Å². The fourth-order valence-corrected chi connectivity index (χ4v) is 8.95.